The molecule has 1 heterocycles. The van der Waals surface area contributed by atoms with Crippen molar-refractivity contribution >= 4 is 39.7 Å². The molecule has 3 aromatic rings. The second-order valence-electron chi connectivity index (χ2n) is 6.25. The first-order chi connectivity index (χ1) is 13.8. The molecule has 0 fully saturated rings. The minimum atomic E-state index is -4.49. The highest BCUT2D eigenvalue weighted by molar-refractivity contribution is 7.13. The van der Waals surface area contributed by atoms with Crippen molar-refractivity contribution in [3.05, 3.63) is 64.5 Å². The zero-order valence-electron chi connectivity index (χ0n) is 15.4. The van der Waals surface area contributed by atoms with Crippen LogP contribution in [-0.4, -0.2) is 11.1 Å². The molecular formula is C20H17BrClF3N2O2S. The smallest absolute Gasteiger partial charge is 0.420 e. The highest BCUT2D eigenvalue weighted by Crippen LogP contribution is 2.36. The molecule has 30 heavy (non-hydrogen) atoms. The van der Waals surface area contributed by atoms with Gasteiger partial charge in [-0.05, 0) is 42.8 Å². The van der Waals surface area contributed by atoms with Crippen LogP contribution in [0.5, 0.6) is 0 Å². The maximum atomic E-state index is 13.3. The number of nitrogens with zero attached hydrogens (tertiary/aromatic N) is 1. The van der Waals surface area contributed by atoms with Gasteiger partial charge in [-0.3, -0.25) is 4.79 Å². The summed E-state index contributed by atoms with van der Waals surface area (Å²) in [5, 5.41) is 14.7. The van der Waals surface area contributed by atoms with E-state index >= 15 is 0 Å². The number of benzene rings is 2. The van der Waals surface area contributed by atoms with Crippen LogP contribution in [0.1, 0.15) is 18.4 Å². The topological polar surface area (TPSA) is 53.2 Å². The lowest BCUT2D eigenvalue weighted by molar-refractivity contribution is -0.668. The van der Waals surface area contributed by atoms with E-state index in [4.69, 9.17) is 16.7 Å². The number of carboxylic acid groups (broad SMARTS) is 1. The van der Waals surface area contributed by atoms with Crippen LogP contribution in [0.4, 0.5) is 24.0 Å². The molecule has 2 N–H and O–H groups in total. The standard InChI is InChI=1S/C20H16ClF3N2O2S.BrH/c21-14-9-7-13(8-10-14)17-12-29-19(26(17)11-3-6-18(27)28)25-16-5-2-1-4-15(16)20(22,23)24;/h1-2,4-5,7-10,12H,3,6,11H2,(H,27,28);1H. The van der Waals surface area contributed by atoms with Crippen LogP contribution in [0.2, 0.25) is 5.02 Å². The molecule has 160 valence electrons. The lowest BCUT2D eigenvalue weighted by Crippen LogP contribution is -3.00. The van der Waals surface area contributed by atoms with Crippen molar-refractivity contribution in [2.24, 2.45) is 0 Å². The van der Waals surface area contributed by atoms with Gasteiger partial charge in [-0.2, -0.15) is 13.2 Å². The maximum Gasteiger partial charge on any atom is 0.420 e. The lowest BCUT2D eigenvalue weighted by atomic mass is 10.1. The number of aromatic nitrogens is 1. The lowest BCUT2D eigenvalue weighted by Gasteiger charge is -2.11. The van der Waals surface area contributed by atoms with E-state index in [0.29, 0.717) is 23.1 Å². The molecule has 0 unspecified atom stereocenters. The van der Waals surface area contributed by atoms with Crippen LogP contribution in [-0.2, 0) is 17.5 Å². The molecule has 0 aliphatic heterocycles. The van der Waals surface area contributed by atoms with Crippen molar-refractivity contribution in [1.29, 1.82) is 0 Å². The van der Waals surface area contributed by atoms with Gasteiger partial charge < -0.3 is 22.1 Å². The highest BCUT2D eigenvalue weighted by Gasteiger charge is 2.35. The quantitative estimate of drug-likeness (QED) is 0.470. The van der Waals surface area contributed by atoms with Crippen LogP contribution < -0.4 is 26.9 Å². The third-order valence-electron chi connectivity index (χ3n) is 4.20. The fourth-order valence-corrected chi connectivity index (χ4v) is 3.95. The summed E-state index contributed by atoms with van der Waals surface area (Å²) >= 11 is 7.19. The van der Waals surface area contributed by atoms with Gasteiger partial charge >= 0.3 is 17.3 Å². The first kappa shape index (κ1) is 24.2. The Morgan fingerprint density at radius 2 is 1.80 bits per heavy atom. The van der Waals surface area contributed by atoms with E-state index in [1.807, 2.05) is 17.5 Å². The number of alkyl halides is 3. The number of carbonyl (C=O) groups is 1. The molecule has 0 saturated carbocycles. The zero-order valence-corrected chi connectivity index (χ0v) is 18.6. The summed E-state index contributed by atoms with van der Waals surface area (Å²) in [6.45, 7) is 0.338. The number of aliphatic carboxylic acids is 1. The van der Waals surface area contributed by atoms with E-state index in [0.717, 1.165) is 17.3 Å². The van der Waals surface area contributed by atoms with Gasteiger partial charge in [0.15, 0.2) is 0 Å². The second kappa shape index (κ2) is 10.3. The molecule has 0 aliphatic carbocycles. The van der Waals surface area contributed by atoms with Crippen LogP contribution in [0.25, 0.3) is 11.3 Å². The van der Waals surface area contributed by atoms with Gasteiger partial charge in [0.25, 0.3) is 0 Å². The molecule has 0 bridgehead atoms. The first-order valence-corrected chi connectivity index (χ1v) is 9.94. The molecule has 0 saturated heterocycles. The van der Waals surface area contributed by atoms with Crippen LogP contribution in [0, 0.1) is 0 Å². The Morgan fingerprint density at radius 1 is 1.13 bits per heavy atom. The summed E-state index contributed by atoms with van der Waals surface area (Å²) < 4.78 is 41.8. The number of hydrogen-bond donors (Lipinski definition) is 2. The average Bonchev–Trinajstić information content (AvgIpc) is 3.04. The van der Waals surface area contributed by atoms with Gasteiger partial charge in [-0.25, -0.2) is 9.88 Å². The number of rotatable bonds is 7. The predicted octanol–water partition coefficient (Wildman–Crippen LogP) is 2.99. The first-order valence-electron chi connectivity index (χ1n) is 8.68. The van der Waals surface area contributed by atoms with E-state index in [1.54, 1.807) is 16.7 Å². The van der Waals surface area contributed by atoms with Gasteiger partial charge in [0.2, 0.25) is 0 Å². The molecular weight excluding hydrogens is 505 g/mol. The average molecular weight is 522 g/mol. The van der Waals surface area contributed by atoms with Gasteiger partial charge in [0, 0.05) is 22.4 Å². The third-order valence-corrected chi connectivity index (χ3v) is 5.34. The van der Waals surface area contributed by atoms with Crippen LogP contribution >= 0.6 is 22.9 Å². The van der Waals surface area contributed by atoms with Crippen molar-refractivity contribution in [1.82, 2.24) is 0 Å². The number of para-hydroxylation sites is 1. The molecule has 0 spiro atoms. The van der Waals surface area contributed by atoms with Crippen molar-refractivity contribution in [3.8, 4) is 11.3 Å². The third kappa shape index (κ3) is 5.96. The molecule has 10 heteroatoms. The van der Waals surface area contributed by atoms with E-state index in [-0.39, 0.29) is 29.1 Å². The Balaban J connectivity index is 0.00000320. The highest BCUT2D eigenvalue weighted by atomic mass is 79.9. The largest absolute Gasteiger partial charge is 1.00 e. The Bertz CT molecular complexity index is 1010. The molecule has 3 rings (SSSR count). The molecule has 0 radical (unpaired) electrons. The number of hydrogen-bond acceptors (Lipinski definition) is 3. The number of halogens is 5. The number of nitrogens with one attached hydrogen (secondary N) is 1. The van der Waals surface area contributed by atoms with Crippen LogP contribution in [0.15, 0.2) is 53.9 Å². The predicted molar refractivity (Wildman–Crippen MR) is 107 cm³/mol. The van der Waals surface area contributed by atoms with E-state index in [9.17, 15) is 18.0 Å². The molecule has 0 amide bonds. The van der Waals surface area contributed by atoms with Crippen molar-refractivity contribution in [2.75, 3.05) is 5.32 Å². The minimum Gasteiger partial charge on any atom is -1.00 e. The SMILES string of the molecule is O=C(O)CCC[n+]1c(-c2ccc(Cl)cc2)csc1Nc1ccccc1C(F)(F)F.[Br-]. The van der Waals surface area contributed by atoms with Gasteiger partial charge in [0.1, 0.15) is 16.9 Å². The molecule has 1 aromatic heterocycles. The van der Waals surface area contributed by atoms with Gasteiger partial charge in [-0.15, -0.1) is 0 Å². The van der Waals surface area contributed by atoms with Crippen molar-refractivity contribution < 1.29 is 44.6 Å². The summed E-state index contributed by atoms with van der Waals surface area (Å²) in [5.74, 6) is -0.925. The Kier molecular flexibility index (Phi) is 8.28. The Morgan fingerprint density at radius 3 is 2.43 bits per heavy atom. The van der Waals surface area contributed by atoms with Crippen molar-refractivity contribution in [2.45, 2.75) is 25.6 Å². The molecule has 2 aromatic carbocycles. The van der Waals surface area contributed by atoms with E-state index in [1.165, 1.54) is 29.5 Å². The number of anilines is 2. The molecule has 4 nitrogen and oxygen atoms in total. The summed E-state index contributed by atoms with van der Waals surface area (Å²) in [7, 11) is 0. The molecule has 0 aliphatic rings. The summed E-state index contributed by atoms with van der Waals surface area (Å²) in [6.07, 6.45) is -4.19. The molecule has 0 atom stereocenters. The summed E-state index contributed by atoms with van der Waals surface area (Å²) in [6, 6.07) is 12.3. The maximum absolute atomic E-state index is 13.3. The Labute approximate surface area is 190 Å². The monoisotopic (exact) mass is 520 g/mol. The van der Waals surface area contributed by atoms with Crippen molar-refractivity contribution in [3.63, 3.8) is 0 Å². The van der Waals surface area contributed by atoms with E-state index < -0.39 is 17.7 Å². The normalized spacial score (nSPS) is 11.1. The fraction of sp³-hybridized carbons (Fsp3) is 0.200. The van der Waals surface area contributed by atoms with Gasteiger partial charge in [-0.1, -0.05) is 35.1 Å². The second-order valence-corrected chi connectivity index (χ2v) is 7.54. The number of thiazole rings is 1. The van der Waals surface area contributed by atoms with E-state index in [2.05, 4.69) is 5.32 Å². The summed E-state index contributed by atoms with van der Waals surface area (Å²) in [4.78, 5) is 10.9. The number of carboxylic acids is 1. The van der Waals surface area contributed by atoms with Crippen LogP contribution in [0.3, 0.4) is 0 Å². The Hall–Kier alpha value is -2.10. The fourth-order valence-electron chi connectivity index (χ4n) is 2.85. The summed E-state index contributed by atoms with van der Waals surface area (Å²) in [5.41, 5.74) is 0.775. The minimum absolute atomic E-state index is 0. The van der Waals surface area contributed by atoms with Gasteiger partial charge in [0.05, 0.1) is 6.54 Å². The zero-order chi connectivity index (χ0) is 21.0.